The molecule has 0 aliphatic heterocycles. The Morgan fingerprint density at radius 2 is 1.93 bits per heavy atom. The molecule has 0 saturated heterocycles. The number of aryl methyl sites for hydroxylation is 1. The fourth-order valence-corrected chi connectivity index (χ4v) is 3.59. The summed E-state index contributed by atoms with van der Waals surface area (Å²) in [6, 6.07) is 7.31. The molecule has 0 atom stereocenters. The van der Waals surface area contributed by atoms with Crippen molar-refractivity contribution in [2.45, 2.75) is 27.3 Å². The number of thiophene rings is 1. The number of imide groups is 1. The van der Waals surface area contributed by atoms with Gasteiger partial charge in [-0.3, -0.25) is 19.5 Å². The molecule has 0 saturated carbocycles. The Balaban J connectivity index is 1.83. The Morgan fingerprint density at radius 3 is 2.61 bits per heavy atom. The van der Waals surface area contributed by atoms with Gasteiger partial charge >= 0.3 is 6.03 Å². The highest BCUT2D eigenvalue weighted by Gasteiger charge is 2.15. The first-order chi connectivity index (χ1) is 13.3. The minimum absolute atomic E-state index is 0.272. The Bertz CT molecular complexity index is 1070. The standard InChI is InChI=1S/C20H22N4O3S/c1-12(2)8-21-20(27)23-16(25)9-24-11-22-18-17(19(24)26)15(10-28-18)14-6-4-13(3)5-7-14/h4-7,10-12H,8-9H2,1-3H3,(H2,21,23,25,27). The lowest BCUT2D eigenvalue weighted by molar-refractivity contribution is -0.120. The summed E-state index contributed by atoms with van der Waals surface area (Å²) in [6.07, 6.45) is 1.34. The summed E-state index contributed by atoms with van der Waals surface area (Å²) >= 11 is 1.39. The van der Waals surface area contributed by atoms with Crippen LogP contribution in [0.5, 0.6) is 0 Å². The van der Waals surface area contributed by atoms with Crippen LogP contribution in [-0.2, 0) is 11.3 Å². The van der Waals surface area contributed by atoms with Crippen molar-refractivity contribution in [2.24, 2.45) is 5.92 Å². The molecule has 8 heteroatoms. The lowest BCUT2D eigenvalue weighted by Gasteiger charge is -2.09. The number of carbonyl (C=O) groups excluding carboxylic acids is 2. The number of aromatic nitrogens is 2. The second kappa shape index (κ2) is 8.35. The molecule has 0 aliphatic carbocycles. The van der Waals surface area contributed by atoms with E-state index in [1.54, 1.807) is 0 Å². The first kappa shape index (κ1) is 19.8. The van der Waals surface area contributed by atoms with Crippen LogP contribution >= 0.6 is 11.3 Å². The van der Waals surface area contributed by atoms with Crippen molar-refractivity contribution in [3.05, 3.63) is 51.9 Å². The number of carbonyl (C=O) groups is 2. The van der Waals surface area contributed by atoms with Crippen LogP contribution < -0.4 is 16.2 Å². The summed E-state index contributed by atoms with van der Waals surface area (Å²) in [7, 11) is 0. The fraction of sp³-hybridized carbons (Fsp3) is 0.300. The minimum Gasteiger partial charge on any atom is -0.338 e. The molecule has 3 amide bonds. The highest BCUT2D eigenvalue weighted by Crippen LogP contribution is 2.30. The first-order valence-corrected chi connectivity index (χ1v) is 9.84. The monoisotopic (exact) mass is 398 g/mol. The molecule has 0 fully saturated rings. The zero-order valence-corrected chi connectivity index (χ0v) is 16.8. The van der Waals surface area contributed by atoms with E-state index in [0.717, 1.165) is 16.7 Å². The van der Waals surface area contributed by atoms with Crippen molar-refractivity contribution in [3.63, 3.8) is 0 Å². The lowest BCUT2D eigenvalue weighted by atomic mass is 10.1. The Kier molecular flexibility index (Phi) is 5.89. The van der Waals surface area contributed by atoms with Gasteiger partial charge in [0.2, 0.25) is 5.91 Å². The fourth-order valence-electron chi connectivity index (χ4n) is 2.69. The lowest BCUT2D eigenvalue weighted by Crippen LogP contribution is -2.43. The highest BCUT2D eigenvalue weighted by molar-refractivity contribution is 7.17. The van der Waals surface area contributed by atoms with Gasteiger partial charge in [-0.1, -0.05) is 43.7 Å². The maximum Gasteiger partial charge on any atom is 0.321 e. The number of urea groups is 1. The number of rotatable bonds is 5. The van der Waals surface area contributed by atoms with E-state index in [0.29, 0.717) is 16.8 Å². The Morgan fingerprint density at radius 1 is 1.21 bits per heavy atom. The zero-order valence-electron chi connectivity index (χ0n) is 16.0. The van der Waals surface area contributed by atoms with E-state index in [1.165, 1.54) is 22.2 Å². The van der Waals surface area contributed by atoms with Crippen LogP contribution in [-0.4, -0.2) is 28.0 Å². The van der Waals surface area contributed by atoms with E-state index in [2.05, 4.69) is 15.6 Å². The first-order valence-electron chi connectivity index (χ1n) is 8.96. The molecule has 0 bridgehead atoms. The topological polar surface area (TPSA) is 93.1 Å². The Hall–Kier alpha value is -3.00. The molecule has 3 aromatic rings. The predicted molar refractivity (Wildman–Crippen MR) is 110 cm³/mol. The summed E-state index contributed by atoms with van der Waals surface area (Å²) in [5.74, 6) is -0.300. The summed E-state index contributed by atoms with van der Waals surface area (Å²) in [4.78, 5) is 41.7. The van der Waals surface area contributed by atoms with Crippen molar-refractivity contribution in [3.8, 4) is 11.1 Å². The summed E-state index contributed by atoms with van der Waals surface area (Å²) in [5, 5.41) is 7.21. The van der Waals surface area contributed by atoms with E-state index in [1.807, 2.05) is 50.4 Å². The predicted octanol–water partition coefficient (Wildman–Crippen LogP) is 2.92. The van der Waals surface area contributed by atoms with Gasteiger partial charge < -0.3 is 5.32 Å². The summed E-state index contributed by atoms with van der Waals surface area (Å²) < 4.78 is 1.22. The number of nitrogens with one attached hydrogen (secondary N) is 2. The third-order valence-corrected chi connectivity index (χ3v) is 5.05. The van der Waals surface area contributed by atoms with Crippen molar-refractivity contribution >= 4 is 33.5 Å². The van der Waals surface area contributed by atoms with E-state index in [4.69, 9.17) is 0 Å². The van der Waals surface area contributed by atoms with Crippen LogP contribution in [0.2, 0.25) is 0 Å². The molecule has 2 aromatic heterocycles. The zero-order chi connectivity index (χ0) is 20.3. The largest absolute Gasteiger partial charge is 0.338 e. The van der Waals surface area contributed by atoms with E-state index >= 15 is 0 Å². The summed E-state index contributed by atoms with van der Waals surface area (Å²) in [5.41, 5.74) is 2.54. The van der Waals surface area contributed by atoms with Gasteiger partial charge in [0.1, 0.15) is 11.4 Å². The van der Waals surface area contributed by atoms with E-state index < -0.39 is 11.9 Å². The molecular formula is C20H22N4O3S. The average molecular weight is 398 g/mol. The van der Waals surface area contributed by atoms with Gasteiger partial charge in [0.15, 0.2) is 0 Å². The number of nitrogens with zero attached hydrogens (tertiary/aromatic N) is 2. The number of hydrogen-bond acceptors (Lipinski definition) is 5. The van der Waals surface area contributed by atoms with Crippen LogP contribution in [0.15, 0.2) is 40.8 Å². The molecule has 0 radical (unpaired) electrons. The highest BCUT2D eigenvalue weighted by atomic mass is 32.1. The number of fused-ring (bicyclic) bond motifs is 1. The summed E-state index contributed by atoms with van der Waals surface area (Å²) in [6.45, 7) is 6.09. The Labute approximate surface area is 166 Å². The van der Waals surface area contributed by atoms with Crippen molar-refractivity contribution in [1.82, 2.24) is 20.2 Å². The molecular weight excluding hydrogens is 376 g/mol. The molecule has 2 heterocycles. The molecule has 146 valence electrons. The molecule has 0 aliphatic rings. The van der Waals surface area contributed by atoms with Gasteiger partial charge in [-0.15, -0.1) is 11.3 Å². The third kappa shape index (κ3) is 4.45. The molecule has 3 rings (SSSR count). The molecule has 0 spiro atoms. The smallest absolute Gasteiger partial charge is 0.321 e. The molecule has 1 aromatic carbocycles. The molecule has 28 heavy (non-hydrogen) atoms. The molecule has 0 unspecified atom stereocenters. The van der Waals surface area contributed by atoms with Gasteiger partial charge in [-0.2, -0.15) is 0 Å². The van der Waals surface area contributed by atoms with E-state index in [-0.39, 0.29) is 18.0 Å². The third-order valence-electron chi connectivity index (χ3n) is 4.16. The minimum atomic E-state index is -0.573. The molecule has 7 nitrogen and oxygen atoms in total. The second-order valence-electron chi connectivity index (χ2n) is 7.03. The van der Waals surface area contributed by atoms with Gasteiger partial charge in [0.05, 0.1) is 11.7 Å². The van der Waals surface area contributed by atoms with Crippen molar-refractivity contribution in [1.29, 1.82) is 0 Å². The van der Waals surface area contributed by atoms with Crippen LogP contribution in [0.4, 0.5) is 4.79 Å². The SMILES string of the molecule is Cc1ccc(-c2csc3ncn(CC(=O)NC(=O)NCC(C)C)c(=O)c23)cc1. The van der Waals surface area contributed by atoms with E-state index in [9.17, 15) is 14.4 Å². The van der Waals surface area contributed by atoms with Crippen molar-refractivity contribution in [2.75, 3.05) is 6.54 Å². The van der Waals surface area contributed by atoms with Gasteiger partial charge in [-0.05, 0) is 18.4 Å². The maximum absolute atomic E-state index is 12.9. The van der Waals surface area contributed by atoms with Crippen LogP contribution in [0.3, 0.4) is 0 Å². The second-order valence-corrected chi connectivity index (χ2v) is 7.88. The number of hydrogen-bond donors (Lipinski definition) is 2. The van der Waals surface area contributed by atoms with Crippen LogP contribution in [0, 0.1) is 12.8 Å². The maximum atomic E-state index is 12.9. The van der Waals surface area contributed by atoms with Crippen molar-refractivity contribution < 1.29 is 9.59 Å². The van der Waals surface area contributed by atoms with Gasteiger partial charge in [-0.25, -0.2) is 9.78 Å². The number of benzene rings is 1. The van der Waals surface area contributed by atoms with Crippen LogP contribution in [0.25, 0.3) is 21.3 Å². The normalized spacial score (nSPS) is 11.0. The van der Waals surface area contributed by atoms with Gasteiger partial charge in [0, 0.05) is 17.5 Å². The quantitative estimate of drug-likeness (QED) is 0.691. The number of amides is 3. The van der Waals surface area contributed by atoms with Gasteiger partial charge in [0.25, 0.3) is 5.56 Å². The average Bonchev–Trinajstić information content (AvgIpc) is 3.08. The van der Waals surface area contributed by atoms with Crippen LogP contribution in [0.1, 0.15) is 19.4 Å². The molecule has 2 N–H and O–H groups in total.